The first kappa shape index (κ1) is 31.8. The predicted molar refractivity (Wildman–Crippen MR) is 224 cm³/mol. The molecule has 0 N–H and O–H groups in total. The summed E-state index contributed by atoms with van der Waals surface area (Å²) in [6.45, 7) is 0. The number of rotatable bonds is 5. The molecule has 2 aliphatic rings. The van der Waals surface area contributed by atoms with Gasteiger partial charge in [-0.2, -0.15) is 0 Å². The number of nitrogens with zero attached hydrogens (tertiary/aromatic N) is 3. The van der Waals surface area contributed by atoms with E-state index in [-0.39, 0.29) is 5.41 Å². The first-order valence-electron chi connectivity index (χ1n) is 19.4. The fourth-order valence-electron chi connectivity index (χ4n) is 9.22. The van der Waals surface area contributed by atoms with Crippen LogP contribution in [0.1, 0.15) is 43.2 Å². The van der Waals surface area contributed by atoms with Crippen molar-refractivity contribution >= 4 is 21.9 Å². The van der Waals surface area contributed by atoms with Crippen molar-refractivity contribution in [2.45, 2.75) is 37.5 Å². The Hall–Kier alpha value is -6.65. The van der Waals surface area contributed by atoms with Gasteiger partial charge in [-0.3, -0.25) is 0 Å². The number of benzene rings is 7. The summed E-state index contributed by atoms with van der Waals surface area (Å²) in [5.41, 5.74) is 15.2. The Kier molecular flexibility index (Phi) is 7.38. The quantitative estimate of drug-likeness (QED) is 0.179. The zero-order valence-electron chi connectivity index (χ0n) is 30.4. The Morgan fingerprint density at radius 2 is 0.836 bits per heavy atom. The van der Waals surface area contributed by atoms with Gasteiger partial charge in [-0.25, -0.2) is 15.0 Å². The van der Waals surface area contributed by atoms with Crippen LogP contribution in [-0.2, 0) is 5.41 Å². The monoisotopic (exact) mass is 707 g/mol. The molecule has 0 amide bonds. The minimum Gasteiger partial charge on any atom is -0.456 e. The van der Waals surface area contributed by atoms with E-state index in [0.29, 0.717) is 17.5 Å². The van der Waals surface area contributed by atoms with Crippen LogP contribution in [0.2, 0.25) is 0 Å². The third-order valence-electron chi connectivity index (χ3n) is 12.0. The Bertz CT molecular complexity index is 2890. The molecule has 0 saturated heterocycles. The summed E-state index contributed by atoms with van der Waals surface area (Å²) >= 11 is 0. The molecule has 9 aromatic rings. The molecule has 0 aliphatic heterocycles. The summed E-state index contributed by atoms with van der Waals surface area (Å²) < 4.78 is 6.42. The van der Waals surface area contributed by atoms with Crippen LogP contribution >= 0.6 is 0 Å². The van der Waals surface area contributed by atoms with Gasteiger partial charge in [0.15, 0.2) is 17.5 Å². The number of aromatic nitrogens is 3. The molecular formula is C51H37N3O. The van der Waals surface area contributed by atoms with Gasteiger partial charge in [-0.1, -0.05) is 147 Å². The van der Waals surface area contributed by atoms with E-state index in [1.165, 1.54) is 71.0 Å². The van der Waals surface area contributed by atoms with E-state index in [1.54, 1.807) is 0 Å². The predicted octanol–water partition coefficient (Wildman–Crippen LogP) is 13.3. The van der Waals surface area contributed by atoms with Gasteiger partial charge in [0.2, 0.25) is 0 Å². The summed E-state index contributed by atoms with van der Waals surface area (Å²) in [5, 5.41) is 2.13. The maximum absolute atomic E-state index is 6.42. The zero-order chi connectivity index (χ0) is 36.3. The SMILES string of the molecule is c1ccc(-c2ccc(-c3nc(-c4ccccc4)nc(-c4ccc5oc6ccc(-c7ccc8c(c7)C7(CCCCC7)c7ccccc7-8)cc6c5c4)n3)cc2)cc1. The molecule has 7 aromatic carbocycles. The molecular weight excluding hydrogens is 671 g/mol. The lowest BCUT2D eigenvalue weighted by molar-refractivity contribution is 0.353. The number of furan rings is 1. The van der Waals surface area contributed by atoms with Gasteiger partial charge >= 0.3 is 0 Å². The van der Waals surface area contributed by atoms with E-state index in [2.05, 4.69) is 121 Å². The van der Waals surface area contributed by atoms with Crippen molar-refractivity contribution in [2.24, 2.45) is 0 Å². The number of hydrogen-bond acceptors (Lipinski definition) is 4. The second-order valence-corrected chi connectivity index (χ2v) is 15.1. The normalized spacial score (nSPS) is 14.3. The Morgan fingerprint density at radius 1 is 0.364 bits per heavy atom. The Labute approximate surface area is 320 Å². The molecule has 2 heterocycles. The third-order valence-corrected chi connectivity index (χ3v) is 12.0. The second kappa shape index (κ2) is 12.7. The summed E-state index contributed by atoms with van der Waals surface area (Å²) in [4.78, 5) is 15.1. The molecule has 11 rings (SSSR count). The molecule has 0 bridgehead atoms. The Balaban J connectivity index is 1.01. The summed E-state index contributed by atoms with van der Waals surface area (Å²) in [6, 6.07) is 58.2. The lowest BCUT2D eigenvalue weighted by Crippen LogP contribution is -2.28. The molecule has 4 nitrogen and oxygen atoms in total. The van der Waals surface area contributed by atoms with Gasteiger partial charge in [0.25, 0.3) is 0 Å². The highest BCUT2D eigenvalue weighted by molar-refractivity contribution is 6.07. The van der Waals surface area contributed by atoms with E-state index in [0.717, 1.165) is 44.2 Å². The van der Waals surface area contributed by atoms with Crippen molar-refractivity contribution in [2.75, 3.05) is 0 Å². The van der Waals surface area contributed by atoms with E-state index < -0.39 is 0 Å². The molecule has 55 heavy (non-hydrogen) atoms. The molecule has 2 aliphatic carbocycles. The van der Waals surface area contributed by atoms with Crippen LogP contribution in [-0.4, -0.2) is 15.0 Å². The van der Waals surface area contributed by atoms with Gasteiger partial charge in [0.1, 0.15) is 11.2 Å². The summed E-state index contributed by atoms with van der Waals surface area (Å²) in [5.74, 6) is 1.90. The van der Waals surface area contributed by atoms with Crippen molar-refractivity contribution < 1.29 is 4.42 Å². The minimum atomic E-state index is 0.119. The first-order valence-corrected chi connectivity index (χ1v) is 19.4. The van der Waals surface area contributed by atoms with Crippen molar-refractivity contribution in [1.29, 1.82) is 0 Å². The maximum atomic E-state index is 6.42. The first-order chi connectivity index (χ1) is 27.2. The lowest BCUT2D eigenvalue weighted by atomic mass is 9.67. The van der Waals surface area contributed by atoms with E-state index in [1.807, 2.05) is 42.5 Å². The van der Waals surface area contributed by atoms with E-state index in [9.17, 15) is 0 Å². The largest absolute Gasteiger partial charge is 0.456 e. The molecule has 0 atom stereocenters. The van der Waals surface area contributed by atoms with Gasteiger partial charge in [-0.15, -0.1) is 0 Å². The van der Waals surface area contributed by atoms with E-state index >= 15 is 0 Å². The standard InChI is InChI=1S/C51H37N3O/c1-4-12-33(13-5-1)34-18-20-36(21-19-34)49-52-48(35-14-6-2-7-15-35)53-50(54-49)39-24-27-47-43(31-39)42-30-37(23-26-46(42)55-47)38-22-25-41-40-16-8-9-17-44(40)51(45(41)32-38)28-10-3-11-29-51/h1-2,4-9,12-27,30-32H,3,10-11,28-29H2. The lowest BCUT2D eigenvalue weighted by Gasteiger charge is -2.36. The van der Waals surface area contributed by atoms with Crippen molar-refractivity contribution in [3.8, 4) is 67.5 Å². The molecule has 1 spiro atoms. The zero-order valence-corrected chi connectivity index (χ0v) is 30.4. The third kappa shape index (κ3) is 5.32. The van der Waals surface area contributed by atoms with Crippen LogP contribution in [0.4, 0.5) is 0 Å². The maximum Gasteiger partial charge on any atom is 0.164 e. The highest BCUT2D eigenvalue weighted by Crippen LogP contribution is 2.56. The molecule has 262 valence electrons. The van der Waals surface area contributed by atoms with Crippen molar-refractivity contribution in [1.82, 2.24) is 15.0 Å². The minimum absolute atomic E-state index is 0.119. The average molecular weight is 708 g/mol. The topological polar surface area (TPSA) is 51.8 Å². The van der Waals surface area contributed by atoms with Crippen LogP contribution in [0.5, 0.6) is 0 Å². The average Bonchev–Trinajstić information content (AvgIpc) is 3.76. The molecule has 1 fully saturated rings. The van der Waals surface area contributed by atoms with Crippen LogP contribution in [0, 0.1) is 0 Å². The van der Waals surface area contributed by atoms with Gasteiger partial charge in [-0.05, 0) is 93.7 Å². The summed E-state index contributed by atoms with van der Waals surface area (Å²) in [7, 11) is 0. The van der Waals surface area contributed by atoms with Crippen molar-refractivity contribution in [3.63, 3.8) is 0 Å². The van der Waals surface area contributed by atoms with E-state index in [4.69, 9.17) is 19.4 Å². The summed E-state index contributed by atoms with van der Waals surface area (Å²) in [6.07, 6.45) is 6.33. The highest BCUT2D eigenvalue weighted by atomic mass is 16.3. The molecule has 0 unspecified atom stereocenters. The van der Waals surface area contributed by atoms with Crippen LogP contribution in [0.25, 0.3) is 89.5 Å². The molecule has 4 heteroatoms. The van der Waals surface area contributed by atoms with Crippen LogP contribution in [0.3, 0.4) is 0 Å². The molecule has 0 radical (unpaired) electrons. The van der Waals surface area contributed by atoms with Gasteiger partial charge in [0.05, 0.1) is 0 Å². The molecule has 2 aromatic heterocycles. The number of fused-ring (bicyclic) bond motifs is 8. The van der Waals surface area contributed by atoms with Gasteiger partial charge < -0.3 is 4.42 Å². The van der Waals surface area contributed by atoms with Crippen LogP contribution < -0.4 is 0 Å². The fraction of sp³-hybridized carbons (Fsp3) is 0.118. The highest BCUT2D eigenvalue weighted by Gasteiger charge is 2.43. The second-order valence-electron chi connectivity index (χ2n) is 15.1. The smallest absolute Gasteiger partial charge is 0.164 e. The Morgan fingerprint density at radius 3 is 1.55 bits per heavy atom. The van der Waals surface area contributed by atoms with Crippen molar-refractivity contribution in [3.05, 3.63) is 175 Å². The fourth-order valence-corrected chi connectivity index (χ4v) is 9.22. The molecule has 1 saturated carbocycles. The van der Waals surface area contributed by atoms with Crippen LogP contribution in [0.15, 0.2) is 168 Å². The van der Waals surface area contributed by atoms with Gasteiger partial charge in [0, 0.05) is 32.9 Å². The number of hydrogen-bond donors (Lipinski definition) is 0.